The van der Waals surface area contributed by atoms with Crippen molar-refractivity contribution in [2.75, 3.05) is 0 Å². The smallest absolute Gasteiger partial charge is 0.334 e. The van der Waals surface area contributed by atoms with Gasteiger partial charge in [-0.15, -0.1) is 0 Å². The zero-order valence-corrected chi connectivity index (χ0v) is 19.6. The van der Waals surface area contributed by atoms with E-state index in [2.05, 4.69) is 6.58 Å². The van der Waals surface area contributed by atoms with E-state index in [9.17, 15) is 24.6 Å². The van der Waals surface area contributed by atoms with E-state index in [0.717, 1.165) is 0 Å². The molecular weight excluding hydrogens is 416 g/mol. The van der Waals surface area contributed by atoms with Crippen molar-refractivity contribution >= 4 is 17.9 Å². The van der Waals surface area contributed by atoms with Crippen LogP contribution in [-0.4, -0.2) is 58.1 Å². The largest absolute Gasteiger partial charge is 0.461 e. The van der Waals surface area contributed by atoms with Crippen LogP contribution < -0.4 is 0 Å². The highest BCUT2D eigenvalue weighted by Gasteiger charge is 2.71. The Morgan fingerprint density at radius 3 is 2.47 bits per heavy atom. The molecule has 0 aromatic rings. The van der Waals surface area contributed by atoms with Crippen LogP contribution in [0.15, 0.2) is 23.8 Å². The lowest BCUT2D eigenvalue weighted by molar-refractivity contribution is -0.277. The van der Waals surface area contributed by atoms with E-state index in [1.807, 2.05) is 0 Å². The molecule has 3 rings (SSSR count). The fraction of sp³-hybridized carbons (Fsp3) is 0.708. The molecule has 8 unspecified atom stereocenters. The van der Waals surface area contributed by atoms with Crippen LogP contribution in [0.3, 0.4) is 0 Å². The molecule has 0 spiro atoms. The first kappa shape index (κ1) is 24.5. The topological polar surface area (TPSA) is 119 Å². The van der Waals surface area contributed by atoms with Crippen LogP contribution in [-0.2, 0) is 28.6 Å². The molecular formula is C24H34O8. The first-order chi connectivity index (χ1) is 14.8. The van der Waals surface area contributed by atoms with E-state index in [1.165, 1.54) is 0 Å². The number of rotatable bonds is 4. The van der Waals surface area contributed by atoms with Gasteiger partial charge in [0.2, 0.25) is 0 Å². The van der Waals surface area contributed by atoms with Crippen molar-refractivity contribution in [3.05, 3.63) is 23.8 Å². The number of allylic oxidation sites excluding steroid dienone is 1. The highest BCUT2D eigenvalue weighted by Crippen LogP contribution is 2.60. The Kier molecular flexibility index (Phi) is 6.34. The number of fused-ring (bicyclic) bond motifs is 2. The van der Waals surface area contributed by atoms with E-state index in [1.54, 1.807) is 47.6 Å². The van der Waals surface area contributed by atoms with Crippen LogP contribution >= 0.6 is 0 Å². The number of carbonyl (C=O) groups excluding carboxylic acids is 3. The molecule has 8 heteroatoms. The summed E-state index contributed by atoms with van der Waals surface area (Å²) in [6, 6.07) is 0. The van der Waals surface area contributed by atoms with Crippen molar-refractivity contribution in [3.63, 3.8) is 0 Å². The van der Waals surface area contributed by atoms with Gasteiger partial charge >= 0.3 is 17.9 Å². The van der Waals surface area contributed by atoms with Gasteiger partial charge in [-0.2, -0.15) is 0 Å². The first-order valence-electron chi connectivity index (χ1n) is 11.1. The summed E-state index contributed by atoms with van der Waals surface area (Å²) in [5, 5.41) is 22.6. The van der Waals surface area contributed by atoms with Gasteiger partial charge in [-0.3, -0.25) is 4.79 Å². The molecule has 3 aliphatic rings. The molecule has 1 saturated heterocycles. The lowest BCUT2D eigenvalue weighted by Crippen LogP contribution is -2.72. The lowest BCUT2D eigenvalue weighted by atomic mass is 9.49. The molecule has 1 aliphatic heterocycles. The molecule has 2 N–H and O–H groups in total. The quantitative estimate of drug-likeness (QED) is 0.380. The minimum absolute atomic E-state index is 0.0956. The number of hydrogen-bond donors (Lipinski definition) is 2. The Balaban J connectivity index is 2.19. The molecule has 178 valence electrons. The van der Waals surface area contributed by atoms with Crippen molar-refractivity contribution in [3.8, 4) is 0 Å². The summed E-state index contributed by atoms with van der Waals surface area (Å²) in [6.45, 7) is 13.8. The number of hydrogen-bond acceptors (Lipinski definition) is 8. The fourth-order valence-electron chi connectivity index (χ4n) is 5.58. The van der Waals surface area contributed by atoms with Gasteiger partial charge in [-0.25, -0.2) is 9.59 Å². The Morgan fingerprint density at radius 1 is 1.28 bits per heavy atom. The zero-order valence-electron chi connectivity index (χ0n) is 19.6. The summed E-state index contributed by atoms with van der Waals surface area (Å²) in [6.07, 6.45) is -1.96. The molecule has 0 radical (unpaired) electrons. The van der Waals surface area contributed by atoms with Gasteiger partial charge in [0.15, 0.2) is 6.10 Å². The molecule has 32 heavy (non-hydrogen) atoms. The lowest BCUT2D eigenvalue weighted by Gasteiger charge is -2.61. The number of carbonyl (C=O) groups is 3. The third kappa shape index (κ3) is 3.67. The number of esters is 3. The van der Waals surface area contributed by atoms with E-state index in [-0.39, 0.29) is 18.4 Å². The van der Waals surface area contributed by atoms with Crippen molar-refractivity contribution in [1.82, 2.24) is 0 Å². The number of ether oxygens (including phenoxy) is 3. The van der Waals surface area contributed by atoms with Gasteiger partial charge in [-0.05, 0) is 33.6 Å². The Morgan fingerprint density at radius 2 is 1.91 bits per heavy atom. The molecule has 0 aromatic carbocycles. The van der Waals surface area contributed by atoms with Crippen LogP contribution in [0, 0.1) is 23.2 Å². The van der Waals surface area contributed by atoms with Gasteiger partial charge in [0.1, 0.15) is 12.2 Å². The van der Waals surface area contributed by atoms with Crippen molar-refractivity contribution in [2.24, 2.45) is 23.2 Å². The van der Waals surface area contributed by atoms with Gasteiger partial charge in [0, 0.05) is 22.5 Å². The highest BCUT2D eigenvalue weighted by atomic mass is 16.6. The van der Waals surface area contributed by atoms with Crippen LogP contribution in [0.4, 0.5) is 0 Å². The molecule has 2 aliphatic carbocycles. The average Bonchev–Trinajstić information content (AvgIpc) is 3.01. The van der Waals surface area contributed by atoms with Crippen LogP contribution in [0.1, 0.15) is 54.4 Å². The molecule has 3 fully saturated rings. The minimum Gasteiger partial charge on any atom is -0.461 e. The molecule has 1 heterocycles. The van der Waals surface area contributed by atoms with E-state index < -0.39 is 71.1 Å². The highest BCUT2D eigenvalue weighted by molar-refractivity contribution is 5.92. The number of aliphatic hydroxyl groups is 2. The maximum absolute atomic E-state index is 12.7. The molecule has 0 aromatic heterocycles. The first-order valence-corrected chi connectivity index (χ1v) is 11.1. The third-order valence-corrected chi connectivity index (χ3v) is 7.55. The Labute approximate surface area is 188 Å². The molecule has 2 saturated carbocycles. The maximum Gasteiger partial charge on any atom is 0.334 e. The van der Waals surface area contributed by atoms with Gasteiger partial charge in [0.25, 0.3) is 0 Å². The van der Waals surface area contributed by atoms with Crippen LogP contribution in [0.2, 0.25) is 0 Å². The second-order valence-electron chi connectivity index (χ2n) is 10.0. The molecule has 8 atom stereocenters. The van der Waals surface area contributed by atoms with E-state index in [0.29, 0.717) is 5.57 Å². The van der Waals surface area contributed by atoms with Gasteiger partial charge < -0.3 is 24.4 Å². The number of aliphatic hydroxyl groups excluding tert-OH is 1. The zero-order chi connectivity index (χ0) is 24.2. The standard InChI is InChI=1S/C24H34O8/c1-8-12(4)21(27)32-19-17-15(13(5)22(28)31-17)16(30-20(26)11(2)3)18-23(6,29)10-9-14(25)24(18,19)7/h8,11,14-19,25,29H,5,9-10H2,1-4,6-7H3. The van der Waals surface area contributed by atoms with E-state index >= 15 is 0 Å². The van der Waals surface area contributed by atoms with Gasteiger partial charge in [-0.1, -0.05) is 33.4 Å². The van der Waals surface area contributed by atoms with Gasteiger partial charge in [0.05, 0.1) is 23.5 Å². The molecule has 0 bridgehead atoms. The van der Waals surface area contributed by atoms with Crippen LogP contribution in [0.5, 0.6) is 0 Å². The van der Waals surface area contributed by atoms with Crippen molar-refractivity contribution < 1.29 is 38.8 Å². The second-order valence-corrected chi connectivity index (χ2v) is 10.0. The summed E-state index contributed by atoms with van der Waals surface area (Å²) in [5.41, 5.74) is -2.17. The minimum atomic E-state index is -1.37. The molecule has 0 amide bonds. The maximum atomic E-state index is 12.7. The predicted molar refractivity (Wildman–Crippen MR) is 114 cm³/mol. The Bertz CT molecular complexity index is 856. The second kappa shape index (κ2) is 8.30. The summed E-state index contributed by atoms with van der Waals surface area (Å²) in [4.78, 5) is 37.9. The third-order valence-electron chi connectivity index (χ3n) is 7.55. The average molecular weight is 451 g/mol. The fourth-order valence-corrected chi connectivity index (χ4v) is 5.58. The van der Waals surface area contributed by atoms with Crippen molar-refractivity contribution in [1.29, 1.82) is 0 Å². The molecule has 8 nitrogen and oxygen atoms in total. The predicted octanol–water partition coefficient (Wildman–Crippen LogP) is 2.07. The van der Waals surface area contributed by atoms with Crippen molar-refractivity contribution in [2.45, 2.75) is 84.4 Å². The van der Waals surface area contributed by atoms with E-state index in [4.69, 9.17) is 14.2 Å². The monoisotopic (exact) mass is 450 g/mol. The Hall–Kier alpha value is -2.19. The normalized spacial score (nSPS) is 41.6. The summed E-state index contributed by atoms with van der Waals surface area (Å²) in [5.74, 6) is -3.89. The van der Waals surface area contributed by atoms with Crippen LogP contribution in [0.25, 0.3) is 0 Å². The summed E-state index contributed by atoms with van der Waals surface area (Å²) >= 11 is 0. The SMILES string of the molecule is C=C1C(=O)OC2C1C(OC(=O)C(C)C)C1C(C)(O)CCC(O)C1(C)C2OC(=O)C(C)=CC. The summed E-state index contributed by atoms with van der Waals surface area (Å²) in [7, 11) is 0. The summed E-state index contributed by atoms with van der Waals surface area (Å²) < 4.78 is 17.3.